The van der Waals surface area contributed by atoms with Crippen LogP contribution in [0.3, 0.4) is 0 Å². The summed E-state index contributed by atoms with van der Waals surface area (Å²) in [4.78, 5) is 11.1. The Kier molecular flexibility index (Phi) is 4.77. The van der Waals surface area contributed by atoms with E-state index in [1.807, 2.05) is 13.8 Å². The number of carboxylic acid groups (broad SMARTS) is 1. The summed E-state index contributed by atoms with van der Waals surface area (Å²) >= 11 is 0. The number of nitrogens with zero attached hydrogens (tertiary/aromatic N) is 1. The Labute approximate surface area is 130 Å². The van der Waals surface area contributed by atoms with Crippen molar-refractivity contribution in [3.63, 3.8) is 0 Å². The topological polar surface area (TPSA) is 83.9 Å². The van der Waals surface area contributed by atoms with E-state index in [0.717, 1.165) is 5.56 Å². The normalized spacial score (nSPS) is 19.5. The van der Waals surface area contributed by atoms with Gasteiger partial charge < -0.3 is 9.84 Å². The molecule has 7 heteroatoms. The molecule has 0 aromatic heterocycles. The van der Waals surface area contributed by atoms with Crippen molar-refractivity contribution in [2.45, 2.75) is 38.2 Å². The predicted octanol–water partition coefficient (Wildman–Crippen LogP) is 1.88. The van der Waals surface area contributed by atoms with Gasteiger partial charge in [0.25, 0.3) is 0 Å². The minimum Gasteiger partial charge on any atom is -0.491 e. The fourth-order valence-corrected chi connectivity index (χ4v) is 4.05. The molecule has 0 radical (unpaired) electrons. The first-order valence-electron chi connectivity index (χ1n) is 7.22. The number of rotatable bonds is 5. The maximum absolute atomic E-state index is 12.6. The summed E-state index contributed by atoms with van der Waals surface area (Å²) in [7, 11) is -3.66. The number of carbonyl (C=O) groups is 1. The van der Waals surface area contributed by atoms with E-state index in [0.29, 0.717) is 12.2 Å². The van der Waals surface area contributed by atoms with Crippen molar-refractivity contribution in [1.82, 2.24) is 4.31 Å². The van der Waals surface area contributed by atoms with Gasteiger partial charge in [0.1, 0.15) is 5.75 Å². The fraction of sp³-hybridized carbons (Fsp3) is 0.533. The maximum atomic E-state index is 12.6. The van der Waals surface area contributed by atoms with E-state index in [2.05, 4.69) is 0 Å². The molecule has 122 valence electrons. The van der Waals surface area contributed by atoms with Crippen LogP contribution in [-0.4, -0.2) is 43.0 Å². The van der Waals surface area contributed by atoms with Crippen LogP contribution in [-0.2, 0) is 14.8 Å². The van der Waals surface area contributed by atoms with Crippen molar-refractivity contribution in [1.29, 1.82) is 0 Å². The molecule has 22 heavy (non-hydrogen) atoms. The number of ether oxygens (including phenoxy) is 1. The molecule has 0 unspecified atom stereocenters. The van der Waals surface area contributed by atoms with E-state index in [-0.39, 0.29) is 24.1 Å². The molecule has 1 aliphatic heterocycles. The number of carboxylic acids is 1. The standard InChI is InChI=1S/C15H21NO5S/c1-10(2)21-14-5-4-13(8-11(14)3)22(19,20)16-7-6-12(9-16)15(17)18/h4-5,8,10,12H,6-7,9H2,1-3H3,(H,17,18)/t12-/m1/s1. The average Bonchev–Trinajstić information content (AvgIpc) is 2.91. The van der Waals surface area contributed by atoms with Gasteiger partial charge in [0.2, 0.25) is 10.0 Å². The van der Waals surface area contributed by atoms with Crippen LogP contribution in [0, 0.1) is 12.8 Å². The molecule has 0 aliphatic carbocycles. The minimum atomic E-state index is -3.66. The molecule has 1 N–H and O–H groups in total. The summed E-state index contributed by atoms with van der Waals surface area (Å²) in [5, 5.41) is 8.99. The van der Waals surface area contributed by atoms with Gasteiger partial charge >= 0.3 is 5.97 Å². The van der Waals surface area contributed by atoms with Gasteiger partial charge in [-0.2, -0.15) is 4.31 Å². The van der Waals surface area contributed by atoms with Gasteiger partial charge in [-0.1, -0.05) is 0 Å². The van der Waals surface area contributed by atoms with Crippen molar-refractivity contribution < 1.29 is 23.1 Å². The van der Waals surface area contributed by atoms with Crippen molar-refractivity contribution >= 4 is 16.0 Å². The largest absolute Gasteiger partial charge is 0.491 e. The highest BCUT2D eigenvalue weighted by atomic mass is 32.2. The van der Waals surface area contributed by atoms with Crippen LogP contribution < -0.4 is 4.74 Å². The molecule has 1 aliphatic rings. The Morgan fingerprint density at radius 1 is 1.41 bits per heavy atom. The quantitative estimate of drug-likeness (QED) is 0.892. The molecular weight excluding hydrogens is 306 g/mol. The third kappa shape index (κ3) is 3.41. The third-order valence-electron chi connectivity index (χ3n) is 3.65. The Bertz CT molecular complexity index is 669. The summed E-state index contributed by atoms with van der Waals surface area (Å²) in [5.41, 5.74) is 0.740. The lowest BCUT2D eigenvalue weighted by atomic mass is 10.1. The Hall–Kier alpha value is -1.60. The number of benzene rings is 1. The molecule has 1 saturated heterocycles. The molecule has 0 spiro atoms. The lowest BCUT2D eigenvalue weighted by molar-refractivity contribution is -0.141. The zero-order valence-corrected chi connectivity index (χ0v) is 13.8. The number of aliphatic carboxylic acids is 1. The lowest BCUT2D eigenvalue weighted by Gasteiger charge is -2.18. The van der Waals surface area contributed by atoms with Crippen LogP contribution in [0.15, 0.2) is 23.1 Å². The summed E-state index contributed by atoms with van der Waals surface area (Å²) in [6, 6.07) is 4.72. The summed E-state index contributed by atoms with van der Waals surface area (Å²) in [5.74, 6) is -0.923. The van der Waals surface area contributed by atoms with Crippen molar-refractivity contribution in [2.75, 3.05) is 13.1 Å². The van der Waals surface area contributed by atoms with E-state index >= 15 is 0 Å². The first-order valence-corrected chi connectivity index (χ1v) is 8.66. The smallest absolute Gasteiger partial charge is 0.307 e. The van der Waals surface area contributed by atoms with Gasteiger partial charge in [-0.05, 0) is 51.0 Å². The molecule has 1 aromatic carbocycles. The molecule has 1 atom stereocenters. The van der Waals surface area contributed by atoms with Crippen LogP contribution in [0.25, 0.3) is 0 Å². The van der Waals surface area contributed by atoms with Crippen molar-refractivity contribution in [2.24, 2.45) is 5.92 Å². The number of sulfonamides is 1. The molecular formula is C15H21NO5S. The summed E-state index contributed by atoms with van der Waals surface area (Å²) in [6.45, 7) is 5.87. The van der Waals surface area contributed by atoms with Crippen LogP contribution in [0.2, 0.25) is 0 Å². The van der Waals surface area contributed by atoms with E-state index in [1.165, 1.54) is 10.4 Å². The highest BCUT2D eigenvalue weighted by molar-refractivity contribution is 7.89. The van der Waals surface area contributed by atoms with E-state index in [4.69, 9.17) is 9.84 Å². The summed E-state index contributed by atoms with van der Waals surface area (Å²) < 4.78 is 32.0. The zero-order valence-electron chi connectivity index (χ0n) is 12.9. The molecule has 2 rings (SSSR count). The fourth-order valence-electron chi connectivity index (χ4n) is 2.47. The maximum Gasteiger partial charge on any atom is 0.307 e. The number of aryl methyl sites for hydroxylation is 1. The van der Waals surface area contributed by atoms with E-state index in [1.54, 1.807) is 19.1 Å². The highest BCUT2D eigenvalue weighted by Gasteiger charge is 2.35. The second-order valence-electron chi connectivity index (χ2n) is 5.78. The summed E-state index contributed by atoms with van der Waals surface area (Å²) in [6.07, 6.45) is 0.360. The van der Waals surface area contributed by atoms with Gasteiger partial charge in [0, 0.05) is 13.1 Å². The molecule has 1 heterocycles. The zero-order chi connectivity index (χ0) is 16.5. The number of hydrogen-bond donors (Lipinski definition) is 1. The molecule has 6 nitrogen and oxygen atoms in total. The number of hydrogen-bond acceptors (Lipinski definition) is 4. The predicted molar refractivity (Wildman–Crippen MR) is 81.4 cm³/mol. The van der Waals surface area contributed by atoms with Gasteiger partial charge in [-0.3, -0.25) is 4.79 Å². The second kappa shape index (κ2) is 6.26. The molecule has 0 saturated carbocycles. The van der Waals surface area contributed by atoms with Crippen molar-refractivity contribution in [3.05, 3.63) is 23.8 Å². The Balaban J connectivity index is 2.23. The van der Waals surface area contributed by atoms with Crippen LogP contribution in [0.5, 0.6) is 5.75 Å². The molecule has 0 amide bonds. The van der Waals surface area contributed by atoms with Gasteiger partial charge in [-0.15, -0.1) is 0 Å². The Morgan fingerprint density at radius 2 is 2.09 bits per heavy atom. The molecule has 0 bridgehead atoms. The first kappa shape index (κ1) is 16.8. The SMILES string of the molecule is Cc1cc(S(=O)(=O)N2CC[C@@H](C(=O)O)C2)ccc1OC(C)C. The van der Waals surface area contributed by atoms with Crippen LogP contribution >= 0.6 is 0 Å². The third-order valence-corrected chi connectivity index (χ3v) is 5.51. The molecule has 1 fully saturated rings. The van der Waals surface area contributed by atoms with Gasteiger partial charge in [-0.25, -0.2) is 8.42 Å². The minimum absolute atomic E-state index is 0.0102. The highest BCUT2D eigenvalue weighted by Crippen LogP contribution is 2.28. The van der Waals surface area contributed by atoms with Crippen molar-refractivity contribution in [3.8, 4) is 5.75 Å². The van der Waals surface area contributed by atoms with E-state index in [9.17, 15) is 13.2 Å². The van der Waals surface area contributed by atoms with Gasteiger partial charge in [0.05, 0.1) is 16.9 Å². The lowest BCUT2D eigenvalue weighted by Crippen LogP contribution is -2.30. The van der Waals surface area contributed by atoms with Crippen LogP contribution in [0.4, 0.5) is 0 Å². The van der Waals surface area contributed by atoms with E-state index < -0.39 is 21.9 Å². The Morgan fingerprint density at radius 3 is 2.59 bits per heavy atom. The molecule has 1 aromatic rings. The first-order chi connectivity index (χ1) is 10.2. The monoisotopic (exact) mass is 327 g/mol. The average molecular weight is 327 g/mol. The van der Waals surface area contributed by atoms with Crippen LogP contribution in [0.1, 0.15) is 25.8 Å². The van der Waals surface area contributed by atoms with Gasteiger partial charge in [0.15, 0.2) is 0 Å². The second-order valence-corrected chi connectivity index (χ2v) is 7.72.